The Morgan fingerprint density at radius 3 is 2.43 bits per heavy atom. The third kappa shape index (κ3) is 1.77. The van der Waals surface area contributed by atoms with Crippen LogP contribution >= 0.6 is 15.9 Å². The first kappa shape index (κ1) is 9.93. The molecule has 1 aromatic rings. The van der Waals surface area contributed by atoms with Crippen LogP contribution in [0.1, 0.15) is 0 Å². The highest BCUT2D eigenvalue weighted by atomic mass is 79.9. The minimum Gasteiger partial charge on any atom is -0.393 e. The highest BCUT2D eigenvalue weighted by Gasteiger charge is 2.42. The highest BCUT2D eigenvalue weighted by molar-refractivity contribution is 9.10. The lowest BCUT2D eigenvalue weighted by Crippen LogP contribution is -2.61. The molecule has 1 aliphatic heterocycles. The third-order valence-corrected chi connectivity index (χ3v) is 2.95. The molecule has 2 rings (SSSR count). The molecule has 1 aromatic carbocycles. The number of halogens is 2. The summed E-state index contributed by atoms with van der Waals surface area (Å²) in [6, 6.07) is 7.71. The summed E-state index contributed by atoms with van der Waals surface area (Å²) in [4.78, 5) is 1.91. The molecule has 0 bridgehead atoms. The summed E-state index contributed by atoms with van der Waals surface area (Å²) in [5, 5.41) is 8.74. The van der Waals surface area contributed by atoms with Crippen molar-refractivity contribution in [2.75, 3.05) is 24.6 Å². The molecule has 1 N–H and O–H groups in total. The maximum Gasteiger partial charge on any atom is 0.168 e. The molecule has 0 amide bonds. The van der Waals surface area contributed by atoms with Gasteiger partial charge in [-0.2, -0.15) is 0 Å². The Morgan fingerprint density at radius 1 is 1.36 bits per heavy atom. The van der Waals surface area contributed by atoms with Gasteiger partial charge in [-0.05, 0) is 24.3 Å². The minimum absolute atomic E-state index is 0.283. The third-order valence-electron chi connectivity index (χ3n) is 2.42. The Kier molecular flexibility index (Phi) is 2.49. The molecule has 0 spiro atoms. The number of rotatable bonds is 2. The Bertz CT molecular complexity index is 321. The van der Waals surface area contributed by atoms with Crippen LogP contribution in [0.4, 0.5) is 10.1 Å². The second-order valence-electron chi connectivity index (χ2n) is 3.64. The fourth-order valence-electron chi connectivity index (χ4n) is 1.57. The summed E-state index contributed by atoms with van der Waals surface area (Å²) in [5.41, 5.74) is -0.400. The highest BCUT2D eigenvalue weighted by Crippen LogP contribution is 2.30. The molecule has 1 fully saturated rings. The van der Waals surface area contributed by atoms with Crippen molar-refractivity contribution in [1.29, 1.82) is 0 Å². The molecule has 0 aromatic heterocycles. The molecule has 2 nitrogen and oxygen atoms in total. The van der Waals surface area contributed by atoms with E-state index < -0.39 is 5.67 Å². The van der Waals surface area contributed by atoms with E-state index in [1.807, 2.05) is 29.2 Å². The molecule has 0 saturated carbocycles. The normalized spacial score (nSPS) is 19.2. The second kappa shape index (κ2) is 3.51. The molecular weight excluding hydrogens is 249 g/mol. The lowest BCUT2D eigenvalue weighted by molar-refractivity contribution is 0.0445. The van der Waals surface area contributed by atoms with Crippen LogP contribution in [0, 0.1) is 0 Å². The SMILES string of the molecule is OCC1(F)CN(c2ccc(Br)cc2)C1. The van der Waals surface area contributed by atoms with E-state index in [2.05, 4.69) is 15.9 Å². The summed E-state index contributed by atoms with van der Waals surface area (Å²) in [5.74, 6) is 0. The van der Waals surface area contributed by atoms with Gasteiger partial charge in [0.25, 0.3) is 0 Å². The summed E-state index contributed by atoms with van der Waals surface area (Å²) in [6.07, 6.45) is 0. The predicted octanol–water partition coefficient (Wildman–Crippen LogP) is 1.97. The van der Waals surface area contributed by atoms with Crippen LogP contribution in [-0.4, -0.2) is 30.5 Å². The second-order valence-corrected chi connectivity index (χ2v) is 4.56. The predicted molar refractivity (Wildman–Crippen MR) is 57.3 cm³/mol. The lowest BCUT2D eigenvalue weighted by Gasteiger charge is -2.44. The van der Waals surface area contributed by atoms with Crippen molar-refractivity contribution in [3.63, 3.8) is 0 Å². The molecular formula is C10H11BrFNO. The lowest BCUT2D eigenvalue weighted by atomic mass is 9.97. The molecule has 0 unspecified atom stereocenters. The molecule has 1 aliphatic rings. The van der Waals surface area contributed by atoms with Crippen LogP contribution in [0.2, 0.25) is 0 Å². The molecule has 1 saturated heterocycles. The fourth-order valence-corrected chi connectivity index (χ4v) is 1.84. The van der Waals surface area contributed by atoms with E-state index in [9.17, 15) is 4.39 Å². The number of benzene rings is 1. The first-order valence-electron chi connectivity index (χ1n) is 4.43. The standard InChI is InChI=1S/C10H11BrFNO/c11-8-1-3-9(4-2-8)13-5-10(12,6-13)7-14/h1-4,14H,5-7H2. The van der Waals surface area contributed by atoms with Gasteiger partial charge in [0.15, 0.2) is 5.67 Å². The van der Waals surface area contributed by atoms with E-state index >= 15 is 0 Å². The molecule has 14 heavy (non-hydrogen) atoms. The average molecular weight is 260 g/mol. The van der Waals surface area contributed by atoms with Crippen molar-refractivity contribution in [1.82, 2.24) is 0 Å². The van der Waals surface area contributed by atoms with Crippen molar-refractivity contribution < 1.29 is 9.50 Å². The van der Waals surface area contributed by atoms with Gasteiger partial charge in [-0.1, -0.05) is 15.9 Å². The van der Waals surface area contributed by atoms with E-state index in [-0.39, 0.29) is 19.7 Å². The van der Waals surface area contributed by atoms with Gasteiger partial charge >= 0.3 is 0 Å². The number of anilines is 1. The van der Waals surface area contributed by atoms with Gasteiger partial charge in [0.05, 0.1) is 19.7 Å². The van der Waals surface area contributed by atoms with E-state index in [1.54, 1.807) is 0 Å². The molecule has 76 valence electrons. The van der Waals surface area contributed by atoms with Gasteiger partial charge in [0.2, 0.25) is 0 Å². The number of aliphatic hydroxyl groups is 1. The quantitative estimate of drug-likeness (QED) is 0.878. The van der Waals surface area contributed by atoms with Crippen LogP contribution in [0.5, 0.6) is 0 Å². The number of hydrogen-bond donors (Lipinski definition) is 1. The number of aliphatic hydroxyl groups excluding tert-OH is 1. The largest absolute Gasteiger partial charge is 0.393 e. The number of hydrogen-bond acceptors (Lipinski definition) is 2. The molecule has 1 heterocycles. The Labute approximate surface area is 90.5 Å². The molecule has 0 atom stereocenters. The van der Waals surface area contributed by atoms with Crippen LogP contribution in [-0.2, 0) is 0 Å². The summed E-state index contributed by atoms with van der Waals surface area (Å²) in [6.45, 7) is 0.177. The van der Waals surface area contributed by atoms with Crippen LogP contribution in [0.25, 0.3) is 0 Å². The van der Waals surface area contributed by atoms with Crippen molar-refractivity contribution >= 4 is 21.6 Å². The van der Waals surface area contributed by atoms with E-state index in [1.165, 1.54) is 0 Å². The monoisotopic (exact) mass is 259 g/mol. The van der Waals surface area contributed by atoms with Gasteiger partial charge in [-0.15, -0.1) is 0 Å². The van der Waals surface area contributed by atoms with Gasteiger partial charge in [-0.25, -0.2) is 4.39 Å². The van der Waals surface area contributed by atoms with E-state index in [0.29, 0.717) is 0 Å². The summed E-state index contributed by atoms with van der Waals surface area (Å²) < 4.78 is 14.4. The fraction of sp³-hybridized carbons (Fsp3) is 0.400. The number of nitrogens with zero attached hydrogens (tertiary/aromatic N) is 1. The summed E-state index contributed by atoms with van der Waals surface area (Å²) in [7, 11) is 0. The molecule has 0 radical (unpaired) electrons. The topological polar surface area (TPSA) is 23.5 Å². The minimum atomic E-state index is -1.40. The van der Waals surface area contributed by atoms with Gasteiger partial charge in [0, 0.05) is 10.2 Å². The van der Waals surface area contributed by atoms with Crippen molar-refractivity contribution in [3.05, 3.63) is 28.7 Å². The van der Waals surface area contributed by atoms with E-state index in [4.69, 9.17) is 5.11 Å². The zero-order chi connectivity index (χ0) is 10.2. The van der Waals surface area contributed by atoms with Crippen molar-refractivity contribution in [2.24, 2.45) is 0 Å². The molecule has 4 heteroatoms. The van der Waals surface area contributed by atoms with Crippen LogP contribution in [0.15, 0.2) is 28.7 Å². The Balaban J connectivity index is 2.03. The smallest absolute Gasteiger partial charge is 0.168 e. The number of alkyl halides is 1. The maximum atomic E-state index is 13.3. The first-order chi connectivity index (χ1) is 6.63. The maximum absolute atomic E-state index is 13.3. The summed E-state index contributed by atoms with van der Waals surface area (Å²) >= 11 is 3.34. The van der Waals surface area contributed by atoms with Crippen LogP contribution in [0.3, 0.4) is 0 Å². The van der Waals surface area contributed by atoms with Gasteiger partial charge in [-0.3, -0.25) is 0 Å². The Hall–Kier alpha value is -0.610. The molecule has 0 aliphatic carbocycles. The average Bonchev–Trinajstić information content (AvgIpc) is 2.15. The van der Waals surface area contributed by atoms with Crippen LogP contribution < -0.4 is 4.90 Å². The van der Waals surface area contributed by atoms with Crippen molar-refractivity contribution in [2.45, 2.75) is 5.67 Å². The van der Waals surface area contributed by atoms with E-state index in [0.717, 1.165) is 10.2 Å². The zero-order valence-electron chi connectivity index (χ0n) is 7.58. The van der Waals surface area contributed by atoms with Crippen molar-refractivity contribution in [3.8, 4) is 0 Å². The van der Waals surface area contributed by atoms with Gasteiger partial charge in [0.1, 0.15) is 0 Å². The van der Waals surface area contributed by atoms with Gasteiger partial charge < -0.3 is 10.0 Å². The first-order valence-corrected chi connectivity index (χ1v) is 5.23. The zero-order valence-corrected chi connectivity index (χ0v) is 9.17. The Morgan fingerprint density at radius 2 is 1.93 bits per heavy atom.